The van der Waals surface area contributed by atoms with Crippen molar-refractivity contribution in [2.45, 2.75) is 32.6 Å². The first kappa shape index (κ1) is 15.0. The zero-order chi connectivity index (χ0) is 15.5. The number of para-hydroxylation sites is 1. The lowest BCUT2D eigenvalue weighted by atomic mass is 9.89. The molecule has 2 heterocycles. The fourth-order valence-corrected chi connectivity index (χ4v) is 3.36. The van der Waals surface area contributed by atoms with Gasteiger partial charge in [-0.05, 0) is 56.8 Å². The Morgan fingerprint density at radius 3 is 2.50 bits per heavy atom. The molecule has 2 aromatic rings. The summed E-state index contributed by atoms with van der Waals surface area (Å²) in [6.45, 7) is 6.34. The monoisotopic (exact) mass is 297 g/mol. The summed E-state index contributed by atoms with van der Waals surface area (Å²) in [5, 5.41) is 3.48. The SMILES string of the molecule is COc1ccccc1-c1nc(C)c(C2CCCNC2)c(C)n1. The van der Waals surface area contributed by atoms with Crippen LogP contribution in [0.15, 0.2) is 24.3 Å². The van der Waals surface area contributed by atoms with E-state index >= 15 is 0 Å². The third-order valence-electron chi connectivity index (χ3n) is 4.38. The Balaban J connectivity index is 2.02. The first-order chi connectivity index (χ1) is 10.7. The van der Waals surface area contributed by atoms with Crippen LogP contribution in [-0.4, -0.2) is 30.2 Å². The Morgan fingerprint density at radius 2 is 1.86 bits per heavy atom. The minimum Gasteiger partial charge on any atom is -0.496 e. The number of aryl methyl sites for hydroxylation is 2. The van der Waals surface area contributed by atoms with Gasteiger partial charge < -0.3 is 10.1 Å². The highest BCUT2D eigenvalue weighted by Crippen LogP contribution is 2.31. The zero-order valence-electron chi connectivity index (χ0n) is 13.5. The third kappa shape index (κ3) is 2.83. The van der Waals surface area contributed by atoms with Gasteiger partial charge in [0.05, 0.1) is 12.7 Å². The van der Waals surface area contributed by atoms with Crippen molar-refractivity contribution in [2.75, 3.05) is 20.2 Å². The van der Waals surface area contributed by atoms with E-state index in [1.807, 2.05) is 24.3 Å². The summed E-state index contributed by atoms with van der Waals surface area (Å²) in [5.41, 5.74) is 4.43. The average molecular weight is 297 g/mol. The van der Waals surface area contributed by atoms with Gasteiger partial charge in [0, 0.05) is 17.9 Å². The highest BCUT2D eigenvalue weighted by molar-refractivity contribution is 5.64. The summed E-state index contributed by atoms with van der Waals surface area (Å²) in [6.07, 6.45) is 2.43. The Morgan fingerprint density at radius 1 is 1.14 bits per heavy atom. The summed E-state index contributed by atoms with van der Waals surface area (Å²) in [5.74, 6) is 2.09. The van der Waals surface area contributed by atoms with Crippen LogP contribution < -0.4 is 10.1 Å². The van der Waals surface area contributed by atoms with E-state index in [9.17, 15) is 0 Å². The van der Waals surface area contributed by atoms with Gasteiger partial charge in [-0.2, -0.15) is 0 Å². The summed E-state index contributed by atoms with van der Waals surface area (Å²) < 4.78 is 5.44. The van der Waals surface area contributed by atoms with Crippen LogP contribution in [0.5, 0.6) is 5.75 Å². The third-order valence-corrected chi connectivity index (χ3v) is 4.38. The topological polar surface area (TPSA) is 47.0 Å². The summed E-state index contributed by atoms with van der Waals surface area (Å²) in [6, 6.07) is 7.91. The molecule has 1 aromatic carbocycles. The molecular formula is C18H23N3O. The van der Waals surface area contributed by atoms with Crippen LogP contribution >= 0.6 is 0 Å². The van der Waals surface area contributed by atoms with E-state index in [0.717, 1.165) is 41.6 Å². The van der Waals surface area contributed by atoms with Gasteiger partial charge in [-0.25, -0.2) is 9.97 Å². The van der Waals surface area contributed by atoms with Crippen LogP contribution in [0.4, 0.5) is 0 Å². The maximum atomic E-state index is 5.44. The molecule has 0 bridgehead atoms. The predicted molar refractivity (Wildman–Crippen MR) is 88.3 cm³/mol. The van der Waals surface area contributed by atoms with Crippen molar-refractivity contribution in [3.8, 4) is 17.1 Å². The van der Waals surface area contributed by atoms with Crippen LogP contribution in [0.25, 0.3) is 11.4 Å². The number of piperidine rings is 1. The fraction of sp³-hybridized carbons (Fsp3) is 0.444. The molecule has 0 radical (unpaired) electrons. The molecule has 0 spiro atoms. The van der Waals surface area contributed by atoms with Crippen molar-refractivity contribution < 1.29 is 4.74 Å². The van der Waals surface area contributed by atoms with Crippen LogP contribution in [0.1, 0.15) is 35.7 Å². The number of hydrogen-bond acceptors (Lipinski definition) is 4. The zero-order valence-corrected chi connectivity index (χ0v) is 13.5. The van der Waals surface area contributed by atoms with E-state index in [1.165, 1.54) is 18.4 Å². The molecule has 4 heteroatoms. The number of ether oxygens (including phenoxy) is 1. The molecule has 0 saturated carbocycles. The molecule has 1 aliphatic rings. The second kappa shape index (κ2) is 6.44. The van der Waals surface area contributed by atoms with Crippen molar-refractivity contribution in [1.29, 1.82) is 0 Å². The van der Waals surface area contributed by atoms with Crippen molar-refractivity contribution in [3.05, 3.63) is 41.2 Å². The van der Waals surface area contributed by atoms with Crippen LogP contribution in [0, 0.1) is 13.8 Å². The Labute approximate surface area is 132 Å². The molecule has 1 atom stereocenters. The minimum absolute atomic E-state index is 0.528. The van der Waals surface area contributed by atoms with Gasteiger partial charge in [0.15, 0.2) is 5.82 Å². The standard InChI is InChI=1S/C18H23N3O/c1-12-17(14-7-6-10-19-11-14)13(2)21-18(20-12)15-8-4-5-9-16(15)22-3/h4-5,8-9,14,19H,6-7,10-11H2,1-3H3. The average Bonchev–Trinajstić information content (AvgIpc) is 2.55. The summed E-state index contributed by atoms with van der Waals surface area (Å²) >= 11 is 0. The minimum atomic E-state index is 0.528. The van der Waals surface area contributed by atoms with Gasteiger partial charge >= 0.3 is 0 Å². The summed E-state index contributed by atoms with van der Waals surface area (Å²) in [7, 11) is 1.68. The van der Waals surface area contributed by atoms with Gasteiger partial charge in [0.25, 0.3) is 0 Å². The molecule has 1 N–H and O–H groups in total. The first-order valence-corrected chi connectivity index (χ1v) is 7.90. The van der Waals surface area contributed by atoms with Gasteiger partial charge in [-0.15, -0.1) is 0 Å². The molecular weight excluding hydrogens is 274 g/mol. The summed E-state index contributed by atoms with van der Waals surface area (Å²) in [4.78, 5) is 9.54. The quantitative estimate of drug-likeness (QED) is 0.945. The maximum absolute atomic E-state index is 5.44. The highest BCUT2D eigenvalue weighted by atomic mass is 16.5. The number of aromatic nitrogens is 2. The molecule has 1 aliphatic heterocycles. The van der Waals surface area contributed by atoms with Crippen molar-refractivity contribution in [1.82, 2.24) is 15.3 Å². The van der Waals surface area contributed by atoms with Crippen molar-refractivity contribution >= 4 is 0 Å². The van der Waals surface area contributed by atoms with E-state index < -0.39 is 0 Å². The Bertz CT molecular complexity index is 640. The lowest BCUT2D eigenvalue weighted by Crippen LogP contribution is -2.29. The lowest BCUT2D eigenvalue weighted by molar-refractivity contribution is 0.416. The van der Waals surface area contributed by atoms with E-state index in [2.05, 4.69) is 19.2 Å². The van der Waals surface area contributed by atoms with Gasteiger partial charge in [0.1, 0.15) is 5.75 Å². The number of benzene rings is 1. The molecule has 4 nitrogen and oxygen atoms in total. The second-order valence-electron chi connectivity index (χ2n) is 5.88. The largest absolute Gasteiger partial charge is 0.496 e. The van der Waals surface area contributed by atoms with Crippen molar-refractivity contribution in [3.63, 3.8) is 0 Å². The number of nitrogens with one attached hydrogen (secondary N) is 1. The number of methoxy groups -OCH3 is 1. The van der Waals surface area contributed by atoms with Crippen molar-refractivity contribution in [2.24, 2.45) is 0 Å². The molecule has 1 unspecified atom stereocenters. The Kier molecular flexibility index (Phi) is 4.39. The lowest BCUT2D eigenvalue weighted by Gasteiger charge is -2.25. The van der Waals surface area contributed by atoms with E-state index in [1.54, 1.807) is 7.11 Å². The van der Waals surface area contributed by atoms with Gasteiger partial charge in [-0.1, -0.05) is 12.1 Å². The van der Waals surface area contributed by atoms with E-state index in [0.29, 0.717) is 5.92 Å². The molecule has 0 aliphatic carbocycles. The predicted octanol–water partition coefficient (Wildman–Crippen LogP) is 3.24. The molecule has 1 saturated heterocycles. The Hall–Kier alpha value is -1.94. The molecule has 116 valence electrons. The van der Waals surface area contributed by atoms with Crippen LogP contribution in [0.3, 0.4) is 0 Å². The molecule has 3 rings (SSSR count). The second-order valence-corrected chi connectivity index (χ2v) is 5.88. The number of nitrogens with zero attached hydrogens (tertiary/aromatic N) is 2. The maximum Gasteiger partial charge on any atom is 0.163 e. The normalized spacial score (nSPS) is 18.2. The molecule has 1 aromatic heterocycles. The fourth-order valence-electron chi connectivity index (χ4n) is 3.36. The first-order valence-electron chi connectivity index (χ1n) is 7.90. The van der Waals surface area contributed by atoms with Gasteiger partial charge in [0.2, 0.25) is 0 Å². The van der Waals surface area contributed by atoms with E-state index in [4.69, 9.17) is 14.7 Å². The smallest absolute Gasteiger partial charge is 0.163 e. The van der Waals surface area contributed by atoms with Gasteiger partial charge in [-0.3, -0.25) is 0 Å². The number of hydrogen-bond donors (Lipinski definition) is 1. The number of rotatable bonds is 3. The molecule has 1 fully saturated rings. The van der Waals surface area contributed by atoms with Crippen LogP contribution in [-0.2, 0) is 0 Å². The highest BCUT2D eigenvalue weighted by Gasteiger charge is 2.21. The molecule has 22 heavy (non-hydrogen) atoms. The molecule has 0 amide bonds. The van der Waals surface area contributed by atoms with E-state index in [-0.39, 0.29) is 0 Å². The van der Waals surface area contributed by atoms with Crippen LogP contribution in [0.2, 0.25) is 0 Å².